The molecule has 0 saturated carbocycles. The van der Waals surface area contributed by atoms with Gasteiger partial charge in [-0.15, -0.1) is 0 Å². The molecular formula is C22H30N4O2S. The highest BCUT2D eigenvalue weighted by Gasteiger charge is 2.21. The molecule has 0 radical (unpaired) electrons. The number of aryl methyl sites for hydroxylation is 1. The van der Waals surface area contributed by atoms with Crippen LogP contribution >= 0.6 is 0 Å². The summed E-state index contributed by atoms with van der Waals surface area (Å²) in [7, 11) is -0.399. The summed E-state index contributed by atoms with van der Waals surface area (Å²) in [5.41, 5.74) is 2.94. The standard InChI is InChI=1S/C22H30N4O2S/c1-6-26-21-13-12-19(29(27,28)24(4)5)14-20(21)23-22(26)16-25(17(2)3)15-18-10-8-7-9-11-18/h7-14,17H,6,15-16H2,1-5H3. The van der Waals surface area contributed by atoms with Crippen LogP contribution in [0.4, 0.5) is 0 Å². The molecule has 3 aromatic rings. The van der Waals surface area contributed by atoms with Gasteiger partial charge >= 0.3 is 0 Å². The third kappa shape index (κ3) is 4.52. The minimum absolute atomic E-state index is 0.271. The molecule has 1 aromatic heterocycles. The van der Waals surface area contributed by atoms with Crippen molar-refractivity contribution in [3.05, 3.63) is 59.9 Å². The van der Waals surface area contributed by atoms with Crippen molar-refractivity contribution in [1.82, 2.24) is 18.8 Å². The monoisotopic (exact) mass is 414 g/mol. The molecule has 0 saturated heterocycles. The van der Waals surface area contributed by atoms with Crippen LogP contribution in [0.25, 0.3) is 11.0 Å². The quantitative estimate of drug-likeness (QED) is 0.564. The zero-order chi connectivity index (χ0) is 21.2. The Bertz CT molecular complexity index is 1070. The van der Waals surface area contributed by atoms with Crippen molar-refractivity contribution < 1.29 is 8.42 Å². The second-order valence-corrected chi connectivity index (χ2v) is 9.85. The van der Waals surface area contributed by atoms with Gasteiger partial charge in [0, 0.05) is 33.2 Å². The molecule has 156 valence electrons. The first-order chi connectivity index (χ1) is 13.7. The number of nitrogens with zero attached hydrogens (tertiary/aromatic N) is 4. The largest absolute Gasteiger partial charge is 0.327 e. The van der Waals surface area contributed by atoms with Crippen molar-refractivity contribution in [2.45, 2.75) is 51.3 Å². The van der Waals surface area contributed by atoms with Gasteiger partial charge < -0.3 is 4.57 Å². The molecule has 0 amide bonds. The third-order valence-electron chi connectivity index (χ3n) is 5.20. The zero-order valence-electron chi connectivity index (χ0n) is 17.8. The van der Waals surface area contributed by atoms with Crippen molar-refractivity contribution in [2.24, 2.45) is 0 Å². The molecule has 0 aliphatic carbocycles. The number of imidazole rings is 1. The maximum absolute atomic E-state index is 12.5. The molecule has 2 aromatic carbocycles. The van der Waals surface area contributed by atoms with E-state index in [1.165, 1.54) is 9.87 Å². The lowest BCUT2D eigenvalue weighted by Gasteiger charge is -2.26. The average molecular weight is 415 g/mol. The van der Waals surface area contributed by atoms with Crippen LogP contribution in [-0.4, -0.2) is 47.3 Å². The van der Waals surface area contributed by atoms with E-state index in [0.29, 0.717) is 18.1 Å². The predicted molar refractivity (Wildman–Crippen MR) is 117 cm³/mol. The minimum atomic E-state index is -3.48. The highest BCUT2D eigenvalue weighted by Crippen LogP contribution is 2.23. The Hall–Kier alpha value is -2.22. The number of benzene rings is 2. The Labute approximate surface area is 173 Å². The molecular weight excluding hydrogens is 384 g/mol. The fraction of sp³-hybridized carbons (Fsp3) is 0.409. The van der Waals surface area contributed by atoms with E-state index in [1.807, 2.05) is 12.1 Å². The molecule has 29 heavy (non-hydrogen) atoms. The second kappa shape index (κ2) is 8.65. The van der Waals surface area contributed by atoms with Crippen LogP contribution in [0.1, 0.15) is 32.2 Å². The van der Waals surface area contributed by atoms with E-state index >= 15 is 0 Å². The highest BCUT2D eigenvalue weighted by atomic mass is 32.2. The molecule has 0 spiro atoms. The van der Waals surface area contributed by atoms with Crippen LogP contribution in [0.2, 0.25) is 0 Å². The van der Waals surface area contributed by atoms with Crippen LogP contribution in [0.15, 0.2) is 53.4 Å². The maximum Gasteiger partial charge on any atom is 0.242 e. The molecule has 7 heteroatoms. The topological polar surface area (TPSA) is 58.4 Å². The van der Waals surface area contributed by atoms with E-state index in [4.69, 9.17) is 4.98 Å². The molecule has 0 aliphatic rings. The summed E-state index contributed by atoms with van der Waals surface area (Å²) in [6.45, 7) is 8.78. The Kier molecular flexibility index (Phi) is 6.41. The molecule has 0 aliphatic heterocycles. The fourth-order valence-corrected chi connectivity index (χ4v) is 4.35. The summed E-state index contributed by atoms with van der Waals surface area (Å²) in [5, 5.41) is 0. The molecule has 0 N–H and O–H groups in total. The second-order valence-electron chi connectivity index (χ2n) is 7.69. The summed E-state index contributed by atoms with van der Waals surface area (Å²) in [6, 6.07) is 16.0. The van der Waals surface area contributed by atoms with E-state index in [9.17, 15) is 8.42 Å². The SMILES string of the molecule is CCn1c(CN(Cc2ccccc2)C(C)C)nc2cc(S(=O)(=O)N(C)C)ccc21. The molecule has 1 heterocycles. The van der Waals surface area contributed by atoms with Crippen molar-refractivity contribution >= 4 is 21.1 Å². The van der Waals surface area contributed by atoms with Gasteiger partial charge in [0.2, 0.25) is 10.0 Å². The first kappa shape index (κ1) is 21.5. The van der Waals surface area contributed by atoms with Crippen LogP contribution in [0.5, 0.6) is 0 Å². The molecule has 0 bridgehead atoms. The lowest BCUT2D eigenvalue weighted by molar-refractivity contribution is 0.196. The Balaban J connectivity index is 1.97. The van der Waals surface area contributed by atoms with Crippen molar-refractivity contribution in [3.8, 4) is 0 Å². The van der Waals surface area contributed by atoms with Gasteiger partial charge in [0.1, 0.15) is 5.82 Å². The first-order valence-electron chi connectivity index (χ1n) is 9.93. The molecule has 0 unspecified atom stereocenters. The van der Waals surface area contributed by atoms with Crippen molar-refractivity contribution in [2.75, 3.05) is 14.1 Å². The van der Waals surface area contributed by atoms with Gasteiger partial charge in [-0.2, -0.15) is 0 Å². The van der Waals surface area contributed by atoms with E-state index in [-0.39, 0.29) is 4.90 Å². The van der Waals surface area contributed by atoms with E-state index < -0.39 is 10.0 Å². The van der Waals surface area contributed by atoms with Crippen molar-refractivity contribution in [1.29, 1.82) is 0 Å². The third-order valence-corrected chi connectivity index (χ3v) is 7.01. The number of hydrogen-bond donors (Lipinski definition) is 0. The molecule has 3 rings (SSSR count). The van der Waals surface area contributed by atoms with Gasteiger partial charge in [-0.1, -0.05) is 30.3 Å². The van der Waals surface area contributed by atoms with Crippen LogP contribution < -0.4 is 0 Å². The normalized spacial score (nSPS) is 12.6. The summed E-state index contributed by atoms with van der Waals surface area (Å²) in [4.78, 5) is 7.46. The number of aromatic nitrogens is 2. The number of rotatable bonds is 8. The Morgan fingerprint density at radius 3 is 2.31 bits per heavy atom. The van der Waals surface area contributed by atoms with Crippen molar-refractivity contribution in [3.63, 3.8) is 0 Å². The van der Waals surface area contributed by atoms with Gasteiger partial charge in [0.15, 0.2) is 0 Å². The van der Waals surface area contributed by atoms with Gasteiger partial charge in [0.25, 0.3) is 0 Å². The maximum atomic E-state index is 12.5. The van der Waals surface area contributed by atoms with Crippen LogP contribution in [0.3, 0.4) is 0 Å². The Morgan fingerprint density at radius 1 is 1.03 bits per heavy atom. The van der Waals surface area contributed by atoms with Gasteiger partial charge in [-0.3, -0.25) is 4.90 Å². The summed E-state index contributed by atoms with van der Waals surface area (Å²) in [5.74, 6) is 0.950. The van der Waals surface area contributed by atoms with Crippen LogP contribution in [0, 0.1) is 0 Å². The smallest absolute Gasteiger partial charge is 0.242 e. The number of fused-ring (bicyclic) bond motifs is 1. The fourth-order valence-electron chi connectivity index (χ4n) is 3.42. The van der Waals surface area contributed by atoms with Gasteiger partial charge in [-0.25, -0.2) is 17.7 Å². The lowest BCUT2D eigenvalue weighted by atomic mass is 10.2. The van der Waals surface area contributed by atoms with E-state index in [2.05, 4.69) is 54.5 Å². The molecule has 0 atom stereocenters. The predicted octanol–water partition coefficient (Wildman–Crippen LogP) is 3.72. The minimum Gasteiger partial charge on any atom is -0.327 e. The lowest BCUT2D eigenvalue weighted by Crippen LogP contribution is -2.31. The van der Waals surface area contributed by atoms with E-state index in [0.717, 1.165) is 24.4 Å². The highest BCUT2D eigenvalue weighted by molar-refractivity contribution is 7.89. The van der Waals surface area contributed by atoms with E-state index in [1.54, 1.807) is 26.2 Å². The number of sulfonamides is 1. The summed E-state index contributed by atoms with van der Waals surface area (Å²) < 4.78 is 28.4. The van der Waals surface area contributed by atoms with Gasteiger partial charge in [0.05, 0.1) is 22.5 Å². The average Bonchev–Trinajstić information content (AvgIpc) is 3.04. The molecule has 6 nitrogen and oxygen atoms in total. The number of hydrogen-bond acceptors (Lipinski definition) is 4. The summed E-state index contributed by atoms with van der Waals surface area (Å²) in [6.07, 6.45) is 0. The zero-order valence-corrected chi connectivity index (χ0v) is 18.6. The Morgan fingerprint density at radius 2 is 1.72 bits per heavy atom. The molecule has 0 fully saturated rings. The van der Waals surface area contributed by atoms with Crippen LogP contribution in [-0.2, 0) is 29.7 Å². The summed E-state index contributed by atoms with van der Waals surface area (Å²) >= 11 is 0. The first-order valence-corrected chi connectivity index (χ1v) is 11.4. The van der Waals surface area contributed by atoms with Gasteiger partial charge in [-0.05, 0) is 44.5 Å².